The lowest BCUT2D eigenvalue weighted by Gasteiger charge is -2.49. The largest absolute Gasteiger partial charge is 0.480 e. The molecule has 3 aromatic rings. The first kappa shape index (κ1) is 28.2. The number of carboxylic acid groups (broad SMARTS) is 1. The van der Waals surface area contributed by atoms with E-state index in [1.54, 1.807) is 11.4 Å². The number of benzene rings is 2. The van der Waals surface area contributed by atoms with Crippen molar-refractivity contribution in [3.63, 3.8) is 0 Å². The van der Waals surface area contributed by atoms with Gasteiger partial charge in [-0.05, 0) is 72.9 Å². The first-order valence-corrected chi connectivity index (χ1v) is 15.8. The van der Waals surface area contributed by atoms with E-state index in [1.165, 1.54) is 46.8 Å². The molecule has 218 valence electrons. The Labute approximate surface area is 244 Å². The number of carbonyl (C=O) groups excluding carboxylic acids is 3. The Morgan fingerprint density at radius 3 is 2.33 bits per heavy atom. The predicted octanol–water partition coefficient (Wildman–Crippen LogP) is 3.43. The second-order valence-electron chi connectivity index (χ2n) is 10.7. The molecule has 0 spiro atoms. The number of fused-ring (bicyclic) bond motifs is 4. The van der Waals surface area contributed by atoms with Gasteiger partial charge in [0.1, 0.15) is 22.1 Å². The molecule has 42 heavy (non-hydrogen) atoms. The molecule has 7 rings (SSSR count). The third-order valence-corrected chi connectivity index (χ3v) is 11.5. The molecule has 0 radical (unpaired) electrons. The van der Waals surface area contributed by atoms with Crippen molar-refractivity contribution in [2.24, 2.45) is 5.92 Å². The zero-order chi connectivity index (χ0) is 29.8. The number of sulfonamides is 1. The molecule has 1 saturated carbocycles. The van der Waals surface area contributed by atoms with E-state index in [0.29, 0.717) is 31.2 Å². The number of hydrogen-bond acceptors (Lipinski definition) is 7. The summed E-state index contributed by atoms with van der Waals surface area (Å²) in [5, 5.41) is 14.2. The normalized spacial score (nSPS) is 22.7. The van der Waals surface area contributed by atoms with Gasteiger partial charge in [-0.3, -0.25) is 14.4 Å². The number of hydrogen-bond donors (Lipinski definition) is 2. The van der Waals surface area contributed by atoms with Crippen molar-refractivity contribution in [1.82, 2.24) is 9.62 Å². The standard InChI is InChI=1S/C29H26FN3O7S2/c30-21-4-1-3-20-24(21)28(36)32(27(20)35)18-10-6-16(7-11-18)15-22(29(37)38)31-26(34)25-17-8-12-19(13-9-17)33(25)42(39,40)23-5-2-14-41-23/h1-7,10-11,14,17,19,22,25H,8-9,12-13,15H2,(H,31,34)(H,37,38). The fraction of sp³-hybridized carbons (Fsp3) is 0.310. The van der Waals surface area contributed by atoms with Crippen LogP contribution in [0.5, 0.6) is 0 Å². The lowest BCUT2D eigenvalue weighted by molar-refractivity contribution is -0.143. The van der Waals surface area contributed by atoms with Gasteiger partial charge in [0.25, 0.3) is 21.8 Å². The van der Waals surface area contributed by atoms with Crippen LogP contribution in [0.15, 0.2) is 64.2 Å². The van der Waals surface area contributed by atoms with Gasteiger partial charge >= 0.3 is 5.97 Å². The van der Waals surface area contributed by atoms with Gasteiger partial charge in [0.2, 0.25) is 5.91 Å². The molecule has 2 unspecified atom stereocenters. The molecule has 1 aliphatic carbocycles. The number of aliphatic carboxylic acids is 1. The van der Waals surface area contributed by atoms with Gasteiger partial charge in [-0.1, -0.05) is 24.3 Å². The SMILES string of the molecule is O=C(O)C(Cc1ccc(N2C(=O)c3cccc(F)c3C2=O)cc1)NC(=O)C1C2CCC(CC2)N1S(=O)(=O)c1cccs1. The fourth-order valence-electron chi connectivity index (χ4n) is 6.25. The number of carbonyl (C=O) groups is 4. The van der Waals surface area contributed by atoms with Crippen molar-refractivity contribution in [2.45, 2.75) is 54.4 Å². The van der Waals surface area contributed by atoms with E-state index in [1.807, 2.05) is 0 Å². The Bertz CT molecular complexity index is 1680. The van der Waals surface area contributed by atoms with Crippen LogP contribution in [-0.2, 0) is 26.0 Å². The Morgan fingerprint density at radius 1 is 1.00 bits per heavy atom. The van der Waals surface area contributed by atoms with Crippen LogP contribution >= 0.6 is 11.3 Å². The number of anilines is 1. The maximum atomic E-state index is 14.2. The molecule has 2 aromatic carbocycles. The first-order valence-electron chi connectivity index (χ1n) is 13.4. The summed E-state index contributed by atoms with van der Waals surface area (Å²) in [6.45, 7) is 0. The second kappa shape index (κ2) is 10.7. The van der Waals surface area contributed by atoms with E-state index in [-0.39, 0.29) is 39.4 Å². The van der Waals surface area contributed by atoms with Crippen molar-refractivity contribution >= 4 is 50.7 Å². The fourth-order valence-corrected chi connectivity index (χ4v) is 9.24. The summed E-state index contributed by atoms with van der Waals surface area (Å²) in [4.78, 5) is 52.2. The minimum Gasteiger partial charge on any atom is -0.480 e. The molecular weight excluding hydrogens is 585 g/mol. The molecule has 4 heterocycles. The number of thiophene rings is 1. The average Bonchev–Trinajstić information content (AvgIpc) is 3.61. The van der Waals surface area contributed by atoms with Crippen LogP contribution < -0.4 is 10.2 Å². The summed E-state index contributed by atoms with van der Waals surface area (Å²) in [7, 11) is -3.94. The lowest BCUT2D eigenvalue weighted by atomic mass is 9.76. The number of nitrogens with zero attached hydrogens (tertiary/aromatic N) is 2. The Morgan fingerprint density at radius 2 is 1.71 bits per heavy atom. The van der Waals surface area contributed by atoms with Crippen LogP contribution in [0.1, 0.15) is 52.0 Å². The maximum absolute atomic E-state index is 14.2. The molecule has 10 nitrogen and oxygen atoms in total. The van der Waals surface area contributed by atoms with E-state index < -0.39 is 51.6 Å². The Hall–Kier alpha value is -3.94. The molecule has 3 fully saturated rings. The zero-order valence-electron chi connectivity index (χ0n) is 22.1. The Kier molecular flexibility index (Phi) is 7.19. The van der Waals surface area contributed by atoms with Gasteiger partial charge in [-0.2, -0.15) is 4.31 Å². The van der Waals surface area contributed by atoms with E-state index in [4.69, 9.17) is 0 Å². The van der Waals surface area contributed by atoms with Gasteiger partial charge < -0.3 is 10.4 Å². The topological polar surface area (TPSA) is 141 Å². The molecule has 13 heteroatoms. The molecule has 2 saturated heterocycles. The summed E-state index contributed by atoms with van der Waals surface area (Å²) < 4.78 is 42.7. The van der Waals surface area contributed by atoms with Gasteiger partial charge in [0.05, 0.1) is 16.8 Å². The molecule has 2 bridgehead atoms. The minimum atomic E-state index is -3.94. The monoisotopic (exact) mass is 611 g/mol. The number of amides is 3. The van der Waals surface area contributed by atoms with Crippen LogP contribution in [0, 0.1) is 11.7 Å². The van der Waals surface area contributed by atoms with Gasteiger partial charge in [0, 0.05) is 12.5 Å². The number of rotatable bonds is 8. The van der Waals surface area contributed by atoms with Gasteiger partial charge in [-0.25, -0.2) is 22.5 Å². The van der Waals surface area contributed by atoms with E-state index in [9.17, 15) is 37.1 Å². The third-order valence-electron chi connectivity index (χ3n) is 8.23. The molecule has 1 aromatic heterocycles. The maximum Gasteiger partial charge on any atom is 0.326 e. The molecular formula is C29H26FN3O7S2. The quantitative estimate of drug-likeness (QED) is 0.372. The number of imide groups is 1. The van der Waals surface area contributed by atoms with Crippen molar-refractivity contribution < 1.29 is 37.1 Å². The zero-order valence-corrected chi connectivity index (χ0v) is 23.7. The highest BCUT2D eigenvalue weighted by molar-refractivity contribution is 7.91. The smallest absolute Gasteiger partial charge is 0.326 e. The molecule has 3 amide bonds. The molecule has 2 atom stereocenters. The van der Waals surface area contributed by atoms with Gasteiger partial charge in [0.15, 0.2) is 0 Å². The highest BCUT2D eigenvalue weighted by atomic mass is 32.2. The third kappa shape index (κ3) is 4.71. The first-order chi connectivity index (χ1) is 20.1. The number of halogens is 1. The molecule has 4 aliphatic rings. The lowest BCUT2D eigenvalue weighted by Crippen LogP contribution is -2.63. The molecule has 3 aliphatic heterocycles. The van der Waals surface area contributed by atoms with Crippen molar-refractivity contribution in [3.05, 3.63) is 82.5 Å². The summed E-state index contributed by atoms with van der Waals surface area (Å²) >= 11 is 1.07. The summed E-state index contributed by atoms with van der Waals surface area (Å²) in [5.41, 5.74) is 0.339. The highest BCUT2D eigenvalue weighted by Gasteiger charge is 2.51. The minimum absolute atomic E-state index is 0.0377. The number of piperidine rings is 2. The summed E-state index contributed by atoms with van der Waals surface area (Å²) in [6, 6.07) is 10.2. The van der Waals surface area contributed by atoms with Crippen molar-refractivity contribution in [1.29, 1.82) is 0 Å². The van der Waals surface area contributed by atoms with Crippen molar-refractivity contribution in [2.75, 3.05) is 4.90 Å². The van der Waals surface area contributed by atoms with Crippen LogP contribution in [-0.4, -0.2) is 59.6 Å². The number of carboxylic acids is 1. The second-order valence-corrected chi connectivity index (χ2v) is 13.7. The molecule has 2 N–H and O–H groups in total. The van der Waals surface area contributed by atoms with Gasteiger partial charge in [-0.15, -0.1) is 11.3 Å². The van der Waals surface area contributed by atoms with E-state index in [0.717, 1.165) is 22.3 Å². The predicted molar refractivity (Wildman–Crippen MR) is 150 cm³/mol. The summed E-state index contributed by atoms with van der Waals surface area (Å²) in [5.74, 6) is -4.42. The summed E-state index contributed by atoms with van der Waals surface area (Å²) in [6.07, 6.45) is 2.53. The van der Waals surface area contributed by atoms with Crippen LogP contribution in [0.3, 0.4) is 0 Å². The van der Waals surface area contributed by atoms with E-state index in [2.05, 4.69) is 5.32 Å². The average molecular weight is 612 g/mol. The van der Waals surface area contributed by atoms with E-state index >= 15 is 0 Å². The van der Waals surface area contributed by atoms with Crippen LogP contribution in [0.25, 0.3) is 0 Å². The van der Waals surface area contributed by atoms with Crippen molar-refractivity contribution in [3.8, 4) is 0 Å². The highest BCUT2D eigenvalue weighted by Crippen LogP contribution is 2.43. The number of nitrogens with one attached hydrogen (secondary N) is 1. The Balaban J connectivity index is 1.20. The van der Waals surface area contributed by atoms with Crippen LogP contribution in [0.2, 0.25) is 0 Å². The van der Waals surface area contributed by atoms with Crippen LogP contribution in [0.4, 0.5) is 10.1 Å².